The van der Waals surface area contributed by atoms with E-state index in [1.54, 1.807) is 12.1 Å². The number of benzene rings is 2. The smallest absolute Gasteiger partial charge is 0.335 e. The first-order valence-electron chi connectivity index (χ1n) is 6.07. The van der Waals surface area contributed by atoms with E-state index in [4.69, 9.17) is 5.11 Å². The molecule has 0 fully saturated rings. The lowest BCUT2D eigenvalue weighted by Gasteiger charge is -2.02. The molecule has 2 nitrogen and oxygen atoms in total. The fourth-order valence-electron chi connectivity index (χ4n) is 1.55. The molecule has 2 aromatic carbocycles. The van der Waals surface area contributed by atoms with Crippen molar-refractivity contribution < 1.29 is 9.90 Å². The molecule has 0 atom stereocenters. The molecule has 1 N–H and O–H groups in total. The van der Waals surface area contributed by atoms with Gasteiger partial charge < -0.3 is 5.11 Å². The van der Waals surface area contributed by atoms with Crippen LogP contribution in [0.4, 0.5) is 0 Å². The van der Waals surface area contributed by atoms with E-state index in [1.807, 2.05) is 57.2 Å². The Labute approximate surface area is 108 Å². The molecule has 0 amide bonds. The zero-order valence-electron chi connectivity index (χ0n) is 11.0. The van der Waals surface area contributed by atoms with Gasteiger partial charge in [-0.15, -0.1) is 0 Å². The first kappa shape index (κ1) is 14.0. The summed E-state index contributed by atoms with van der Waals surface area (Å²) >= 11 is 0. The van der Waals surface area contributed by atoms with Crippen LogP contribution in [0.5, 0.6) is 0 Å². The minimum absolute atomic E-state index is 0.316. The first-order chi connectivity index (χ1) is 8.66. The molecule has 0 heterocycles. The standard InChI is InChI=1S/C14H12O2.C2H6/c1-10-2-4-11(5-3-10)12-6-8-13(9-7-12)14(15)16;1-2/h2-9H,1H3,(H,15,16);1-2H3. The Hall–Kier alpha value is -2.09. The summed E-state index contributed by atoms with van der Waals surface area (Å²) in [4.78, 5) is 10.7. The Morgan fingerprint density at radius 3 is 1.61 bits per heavy atom. The van der Waals surface area contributed by atoms with Gasteiger partial charge in [-0.1, -0.05) is 55.8 Å². The van der Waals surface area contributed by atoms with Gasteiger partial charge in [-0.25, -0.2) is 4.79 Å². The maximum atomic E-state index is 10.7. The number of hydrogen-bond donors (Lipinski definition) is 1. The lowest BCUT2D eigenvalue weighted by molar-refractivity contribution is 0.0697. The van der Waals surface area contributed by atoms with Gasteiger partial charge in [-0.05, 0) is 30.2 Å². The normalized spacial score (nSPS) is 9.28. The molecule has 0 bridgehead atoms. The number of hydrogen-bond acceptors (Lipinski definition) is 1. The zero-order chi connectivity index (χ0) is 13.5. The molecule has 0 aliphatic carbocycles. The Kier molecular flexibility index (Phi) is 5.12. The highest BCUT2D eigenvalue weighted by atomic mass is 16.4. The van der Waals surface area contributed by atoms with Crippen molar-refractivity contribution in [2.24, 2.45) is 0 Å². The molecule has 0 aromatic heterocycles. The average molecular weight is 242 g/mol. The summed E-state index contributed by atoms with van der Waals surface area (Å²) in [5.74, 6) is -0.893. The Morgan fingerprint density at radius 1 is 0.833 bits per heavy atom. The highest BCUT2D eigenvalue weighted by Gasteiger charge is 2.02. The van der Waals surface area contributed by atoms with Crippen molar-refractivity contribution in [1.82, 2.24) is 0 Å². The van der Waals surface area contributed by atoms with Crippen LogP contribution in [0.25, 0.3) is 11.1 Å². The van der Waals surface area contributed by atoms with Gasteiger partial charge in [-0.3, -0.25) is 0 Å². The van der Waals surface area contributed by atoms with E-state index in [2.05, 4.69) is 0 Å². The summed E-state index contributed by atoms with van der Waals surface area (Å²) in [6, 6.07) is 15.0. The first-order valence-corrected chi connectivity index (χ1v) is 6.07. The molecule has 0 spiro atoms. The van der Waals surface area contributed by atoms with Crippen LogP contribution in [-0.4, -0.2) is 11.1 Å². The van der Waals surface area contributed by atoms with Crippen molar-refractivity contribution in [1.29, 1.82) is 0 Å². The zero-order valence-corrected chi connectivity index (χ0v) is 11.0. The fraction of sp³-hybridized carbons (Fsp3) is 0.188. The maximum absolute atomic E-state index is 10.7. The summed E-state index contributed by atoms with van der Waals surface area (Å²) in [6.45, 7) is 6.04. The quantitative estimate of drug-likeness (QED) is 0.848. The summed E-state index contributed by atoms with van der Waals surface area (Å²) in [5.41, 5.74) is 3.66. The summed E-state index contributed by atoms with van der Waals surface area (Å²) in [6.07, 6.45) is 0. The van der Waals surface area contributed by atoms with Gasteiger partial charge in [0, 0.05) is 0 Å². The molecule has 2 rings (SSSR count). The second-order valence-electron chi connectivity index (χ2n) is 3.75. The molecule has 0 aliphatic rings. The van der Waals surface area contributed by atoms with Crippen LogP contribution in [0.1, 0.15) is 29.8 Å². The van der Waals surface area contributed by atoms with E-state index in [0.717, 1.165) is 11.1 Å². The van der Waals surface area contributed by atoms with Crippen molar-refractivity contribution in [2.75, 3.05) is 0 Å². The average Bonchev–Trinajstić information content (AvgIpc) is 2.42. The second-order valence-corrected chi connectivity index (χ2v) is 3.75. The molecule has 2 aromatic rings. The number of rotatable bonds is 2. The van der Waals surface area contributed by atoms with Crippen molar-refractivity contribution in [2.45, 2.75) is 20.8 Å². The molecular formula is C16H18O2. The Balaban J connectivity index is 0.000000771. The second kappa shape index (κ2) is 6.60. The van der Waals surface area contributed by atoms with Crippen LogP contribution < -0.4 is 0 Å². The number of aromatic carboxylic acids is 1. The monoisotopic (exact) mass is 242 g/mol. The maximum Gasteiger partial charge on any atom is 0.335 e. The van der Waals surface area contributed by atoms with Crippen molar-refractivity contribution in [3.8, 4) is 11.1 Å². The third-order valence-electron chi connectivity index (χ3n) is 2.52. The number of aryl methyl sites for hydroxylation is 1. The van der Waals surface area contributed by atoms with Crippen molar-refractivity contribution in [3.05, 3.63) is 59.7 Å². The van der Waals surface area contributed by atoms with Gasteiger partial charge >= 0.3 is 5.97 Å². The van der Waals surface area contributed by atoms with E-state index >= 15 is 0 Å². The van der Waals surface area contributed by atoms with Gasteiger partial charge in [-0.2, -0.15) is 0 Å². The number of carboxylic acids is 1. The molecular weight excluding hydrogens is 224 g/mol. The molecule has 0 unspecified atom stereocenters. The lowest BCUT2D eigenvalue weighted by Crippen LogP contribution is -1.94. The predicted molar refractivity (Wildman–Crippen MR) is 74.9 cm³/mol. The van der Waals surface area contributed by atoms with Crippen LogP contribution in [0.15, 0.2) is 48.5 Å². The minimum Gasteiger partial charge on any atom is -0.478 e. The third-order valence-corrected chi connectivity index (χ3v) is 2.52. The molecule has 94 valence electrons. The lowest BCUT2D eigenvalue weighted by atomic mass is 10.0. The molecule has 0 saturated carbocycles. The van der Waals surface area contributed by atoms with Gasteiger partial charge in [0.1, 0.15) is 0 Å². The Morgan fingerprint density at radius 2 is 1.22 bits per heavy atom. The van der Waals surface area contributed by atoms with Crippen LogP contribution in [0.3, 0.4) is 0 Å². The van der Waals surface area contributed by atoms with Crippen LogP contribution >= 0.6 is 0 Å². The third kappa shape index (κ3) is 3.45. The SMILES string of the molecule is CC.Cc1ccc(-c2ccc(C(=O)O)cc2)cc1. The molecule has 0 saturated heterocycles. The van der Waals surface area contributed by atoms with Crippen molar-refractivity contribution >= 4 is 5.97 Å². The highest BCUT2D eigenvalue weighted by Crippen LogP contribution is 2.20. The van der Waals surface area contributed by atoms with Gasteiger partial charge in [0.25, 0.3) is 0 Å². The number of carboxylic acid groups (broad SMARTS) is 1. The summed E-state index contributed by atoms with van der Waals surface area (Å²) in [7, 11) is 0. The topological polar surface area (TPSA) is 37.3 Å². The van der Waals surface area contributed by atoms with Gasteiger partial charge in [0.05, 0.1) is 5.56 Å². The van der Waals surface area contributed by atoms with E-state index in [0.29, 0.717) is 5.56 Å². The summed E-state index contributed by atoms with van der Waals surface area (Å²) < 4.78 is 0. The summed E-state index contributed by atoms with van der Waals surface area (Å²) in [5, 5.41) is 8.78. The van der Waals surface area contributed by atoms with E-state index in [1.165, 1.54) is 5.56 Å². The largest absolute Gasteiger partial charge is 0.478 e. The van der Waals surface area contributed by atoms with Crippen LogP contribution in [0, 0.1) is 6.92 Å². The fourth-order valence-corrected chi connectivity index (χ4v) is 1.55. The highest BCUT2D eigenvalue weighted by molar-refractivity contribution is 5.88. The van der Waals surface area contributed by atoms with Crippen LogP contribution in [-0.2, 0) is 0 Å². The number of carbonyl (C=O) groups is 1. The molecule has 0 radical (unpaired) electrons. The van der Waals surface area contributed by atoms with Crippen molar-refractivity contribution in [3.63, 3.8) is 0 Å². The predicted octanol–water partition coefficient (Wildman–Crippen LogP) is 4.39. The minimum atomic E-state index is -0.893. The van der Waals surface area contributed by atoms with E-state index in [-0.39, 0.29) is 0 Å². The van der Waals surface area contributed by atoms with Gasteiger partial charge in [0.2, 0.25) is 0 Å². The molecule has 2 heteroatoms. The van der Waals surface area contributed by atoms with E-state index in [9.17, 15) is 4.79 Å². The molecule has 18 heavy (non-hydrogen) atoms. The van der Waals surface area contributed by atoms with Crippen LogP contribution in [0.2, 0.25) is 0 Å². The van der Waals surface area contributed by atoms with E-state index < -0.39 is 5.97 Å². The van der Waals surface area contributed by atoms with Gasteiger partial charge in [0.15, 0.2) is 0 Å². The Bertz CT molecular complexity index is 496. The molecule has 0 aliphatic heterocycles.